The van der Waals surface area contributed by atoms with Crippen LogP contribution >= 0.6 is 0 Å². The summed E-state index contributed by atoms with van der Waals surface area (Å²) in [7, 11) is 0. The van der Waals surface area contributed by atoms with Crippen molar-refractivity contribution in [1.82, 2.24) is 24.8 Å². The van der Waals surface area contributed by atoms with Gasteiger partial charge in [-0.3, -0.25) is 9.78 Å². The minimum absolute atomic E-state index is 0.121. The molecule has 0 fully saturated rings. The maximum atomic E-state index is 12.4. The van der Waals surface area contributed by atoms with Crippen molar-refractivity contribution in [3.8, 4) is 0 Å². The van der Waals surface area contributed by atoms with Gasteiger partial charge in [0.2, 0.25) is 0 Å². The Balaban J connectivity index is 1.45. The summed E-state index contributed by atoms with van der Waals surface area (Å²) < 4.78 is 1.91. The molecule has 7 heteroatoms. The first-order valence-electron chi connectivity index (χ1n) is 8.92. The van der Waals surface area contributed by atoms with E-state index in [0.29, 0.717) is 23.3 Å². The highest BCUT2D eigenvalue weighted by Crippen LogP contribution is 2.15. The fourth-order valence-electron chi connectivity index (χ4n) is 2.96. The zero-order valence-electron chi connectivity index (χ0n) is 15.1. The molecule has 0 saturated carbocycles. The van der Waals surface area contributed by atoms with E-state index in [2.05, 4.69) is 20.3 Å². The molecule has 4 aromatic rings. The number of rotatable bonds is 6. The molecule has 140 valence electrons. The summed E-state index contributed by atoms with van der Waals surface area (Å²) in [5, 5.41) is 12.9. The number of amides is 1. The van der Waals surface area contributed by atoms with E-state index in [1.165, 1.54) is 6.20 Å². The molecule has 0 bridgehead atoms. The Kier molecular flexibility index (Phi) is 5.07. The Hall–Kier alpha value is -3.58. The Morgan fingerprint density at radius 2 is 1.96 bits per heavy atom. The van der Waals surface area contributed by atoms with E-state index in [0.717, 1.165) is 11.1 Å². The van der Waals surface area contributed by atoms with Crippen molar-refractivity contribution in [2.45, 2.75) is 12.6 Å². The minimum atomic E-state index is -0.763. The number of imidazole rings is 1. The largest absolute Gasteiger partial charge is 0.387 e. The van der Waals surface area contributed by atoms with Crippen LogP contribution in [0.15, 0.2) is 73.4 Å². The van der Waals surface area contributed by atoms with Crippen LogP contribution in [0, 0.1) is 0 Å². The van der Waals surface area contributed by atoms with Gasteiger partial charge >= 0.3 is 0 Å². The van der Waals surface area contributed by atoms with Crippen LogP contribution in [0.1, 0.15) is 27.6 Å². The number of benzene rings is 1. The van der Waals surface area contributed by atoms with Gasteiger partial charge in [-0.1, -0.05) is 36.4 Å². The number of carbonyl (C=O) groups is 1. The SMILES string of the molecule is O=C(NC[C@H](O)c1ccccc1)c1cnc2c(c1)ncn2Cc1cccnc1. The maximum Gasteiger partial charge on any atom is 0.253 e. The molecule has 1 aromatic carbocycles. The van der Waals surface area contributed by atoms with Gasteiger partial charge in [0.15, 0.2) is 5.65 Å². The van der Waals surface area contributed by atoms with Crippen LogP contribution in [-0.4, -0.2) is 37.1 Å². The molecule has 0 aliphatic rings. The van der Waals surface area contributed by atoms with Crippen molar-refractivity contribution < 1.29 is 9.90 Å². The van der Waals surface area contributed by atoms with Crippen molar-refractivity contribution in [1.29, 1.82) is 0 Å². The van der Waals surface area contributed by atoms with Crippen LogP contribution in [0.4, 0.5) is 0 Å². The summed E-state index contributed by atoms with van der Waals surface area (Å²) >= 11 is 0. The number of nitrogens with one attached hydrogen (secondary N) is 1. The molecule has 2 N–H and O–H groups in total. The molecule has 7 nitrogen and oxygen atoms in total. The topological polar surface area (TPSA) is 92.9 Å². The molecular formula is C21H19N5O2. The molecule has 0 aliphatic heterocycles. The van der Waals surface area contributed by atoms with Gasteiger partial charge in [0, 0.05) is 25.1 Å². The van der Waals surface area contributed by atoms with Crippen LogP contribution < -0.4 is 5.32 Å². The first kappa shape index (κ1) is 17.8. The van der Waals surface area contributed by atoms with E-state index < -0.39 is 6.10 Å². The number of aliphatic hydroxyl groups excluding tert-OH is 1. The highest BCUT2D eigenvalue weighted by atomic mass is 16.3. The third kappa shape index (κ3) is 3.89. The molecule has 28 heavy (non-hydrogen) atoms. The van der Waals surface area contributed by atoms with Gasteiger partial charge in [-0.25, -0.2) is 9.97 Å². The van der Waals surface area contributed by atoms with Crippen molar-refractivity contribution in [2.75, 3.05) is 6.54 Å². The first-order valence-corrected chi connectivity index (χ1v) is 8.92. The fraction of sp³-hybridized carbons (Fsp3) is 0.143. The zero-order chi connectivity index (χ0) is 19.3. The van der Waals surface area contributed by atoms with Crippen molar-refractivity contribution in [2.24, 2.45) is 0 Å². The molecule has 4 rings (SSSR count). The van der Waals surface area contributed by atoms with Gasteiger partial charge in [0.25, 0.3) is 5.91 Å². The summed E-state index contributed by atoms with van der Waals surface area (Å²) in [4.78, 5) is 25.3. The molecule has 3 heterocycles. The van der Waals surface area contributed by atoms with Gasteiger partial charge in [-0.2, -0.15) is 0 Å². The van der Waals surface area contributed by atoms with Crippen LogP contribution in [0.5, 0.6) is 0 Å². The Morgan fingerprint density at radius 1 is 1.11 bits per heavy atom. The predicted octanol–water partition coefficient (Wildman–Crippen LogP) is 2.34. The van der Waals surface area contributed by atoms with E-state index in [4.69, 9.17) is 0 Å². The average Bonchev–Trinajstić information content (AvgIpc) is 3.15. The smallest absolute Gasteiger partial charge is 0.253 e. The number of fused-ring (bicyclic) bond motifs is 1. The summed E-state index contributed by atoms with van der Waals surface area (Å²) in [6.07, 6.45) is 5.99. The Bertz CT molecular complexity index is 1080. The lowest BCUT2D eigenvalue weighted by Crippen LogP contribution is -2.28. The lowest BCUT2D eigenvalue weighted by molar-refractivity contribution is 0.0916. The second kappa shape index (κ2) is 7.98. The Labute approximate surface area is 161 Å². The molecule has 3 aromatic heterocycles. The molecule has 1 atom stereocenters. The van der Waals surface area contributed by atoms with Crippen molar-refractivity contribution >= 4 is 17.1 Å². The van der Waals surface area contributed by atoms with Crippen LogP contribution in [0.2, 0.25) is 0 Å². The van der Waals surface area contributed by atoms with E-state index in [-0.39, 0.29) is 12.5 Å². The number of hydrogen-bond acceptors (Lipinski definition) is 5. The van der Waals surface area contributed by atoms with Crippen LogP contribution in [0.25, 0.3) is 11.2 Å². The zero-order valence-corrected chi connectivity index (χ0v) is 15.1. The summed E-state index contributed by atoms with van der Waals surface area (Å²) in [5.74, 6) is -0.300. The number of aromatic nitrogens is 4. The van der Waals surface area contributed by atoms with Gasteiger partial charge in [0.05, 0.1) is 24.5 Å². The molecule has 0 radical (unpaired) electrons. The fourth-order valence-corrected chi connectivity index (χ4v) is 2.96. The van der Waals surface area contributed by atoms with E-state index in [9.17, 15) is 9.90 Å². The second-order valence-corrected chi connectivity index (χ2v) is 6.44. The third-order valence-electron chi connectivity index (χ3n) is 4.43. The quantitative estimate of drug-likeness (QED) is 0.541. The average molecular weight is 373 g/mol. The minimum Gasteiger partial charge on any atom is -0.387 e. The van der Waals surface area contributed by atoms with Crippen molar-refractivity contribution in [3.63, 3.8) is 0 Å². The van der Waals surface area contributed by atoms with Gasteiger partial charge in [0.1, 0.15) is 5.52 Å². The number of nitrogens with zero attached hydrogens (tertiary/aromatic N) is 4. The molecular weight excluding hydrogens is 354 g/mol. The predicted molar refractivity (Wildman–Crippen MR) is 105 cm³/mol. The van der Waals surface area contributed by atoms with Crippen molar-refractivity contribution in [3.05, 3.63) is 90.1 Å². The highest BCUT2D eigenvalue weighted by Gasteiger charge is 2.13. The molecule has 0 saturated heterocycles. The lowest BCUT2D eigenvalue weighted by Gasteiger charge is -2.12. The van der Waals surface area contributed by atoms with Crippen LogP contribution in [0.3, 0.4) is 0 Å². The molecule has 0 unspecified atom stereocenters. The normalized spacial score (nSPS) is 12.0. The van der Waals surface area contributed by atoms with E-state index in [1.54, 1.807) is 24.8 Å². The van der Waals surface area contributed by atoms with Gasteiger partial charge < -0.3 is 15.0 Å². The second-order valence-electron chi connectivity index (χ2n) is 6.44. The summed E-state index contributed by atoms with van der Waals surface area (Å²) in [6.45, 7) is 0.725. The maximum absolute atomic E-state index is 12.4. The first-order chi connectivity index (χ1) is 13.7. The van der Waals surface area contributed by atoms with E-state index in [1.807, 2.05) is 47.0 Å². The monoisotopic (exact) mass is 373 g/mol. The standard InChI is InChI=1S/C21H19N5O2/c27-19(16-6-2-1-3-7-16)12-24-21(28)17-9-18-20(23-11-17)26(14-25-18)13-15-5-4-8-22-10-15/h1-11,14,19,27H,12-13H2,(H,24,28)/t19-/m0/s1. The number of pyridine rings is 2. The number of carbonyl (C=O) groups excluding carboxylic acids is 1. The number of hydrogen-bond donors (Lipinski definition) is 2. The van der Waals surface area contributed by atoms with E-state index >= 15 is 0 Å². The summed E-state index contributed by atoms with van der Waals surface area (Å²) in [5.41, 5.74) is 3.54. The molecule has 0 spiro atoms. The lowest BCUT2D eigenvalue weighted by atomic mass is 10.1. The van der Waals surface area contributed by atoms with Gasteiger partial charge in [-0.15, -0.1) is 0 Å². The van der Waals surface area contributed by atoms with Gasteiger partial charge in [-0.05, 0) is 23.3 Å². The molecule has 1 amide bonds. The third-order valence-corrected chi connectivity index (χ3v) is 4.43. The molecule has 0 aliphatic carbocycles. The summed E-state index contributed by atoms with van der Waals surface area (Å²) in [6, 6.07) is 14.8. The Morgan fingerprint density at radius 3 is 2.75 bits per heavy atom. The highest BCUT2D eigenvalue weighted by molar-refractivity contribution is 5.96. The number of aliphatic hydroxyl groups is 1. The van der Waals surface area contributed by atoms with Crippen LogP contribution in [-0.2, 0) is 6.54 Å².